The molecular weight excluding hydrogens is 311 g/mol. The molecule has 0 aliphatic carbocycles. The third-order valence-electron chi connectivity index (χ3n) is 3.63. The predicted molar refractivity (Wildman–Crippen MR) is 81.2 cm³/mol. The van der Waals surface area contributed by atoms with E-state index < -0.39 is 8.32 Å². The molecule has 0 saturated heterocycles. The van der Waals surface area contributed by atoms with Gasteiger partial charge in [-0.3, -0.25) is 0 Å². The molecule has 4 heteroatoms. The van der Waals surface area contributed by atoms with Crippen LogP contribution in [0.5, 0.6) is 0 Å². The van der Waals surface area contributed by atoms with Crippen molar-refractivity contribution in [1.82, 2.24) is 0 Å². The minimum atomic E-state index is -1.81. The fraction of sp³-hybridized carbons (Fsp3) is 0.571. The topological polar surface area (TPSA) is 9.23 Å². The highest BCUT2D eigenvalue weighted by atomic mass is 79.9. The van der Waals surface area contributed by atoms with Crippen molar-refractivity contribution in [1.29, 1.82) is 0 Å². The highest BCUT2D eigenvalue weighted by Crippen LogP contribution is 2.40. The van der Waals surface area contributed by atoms with Gasteiger partial charge in [-0.2, -0.15) is 0 Å². The molecule has 1 aromatic rings. The molecule has 0 saturated carbocycles. The van der Waals surface area contributed by atoms with E-state index in [9.17, 15) is 4.39 Å². The average Bonchev–Trinajstić information content (AvgIpc) is 2.25. The van der Waals surface area contributed by atoms with Crippen molar-refractivity contribution < 1.29 is 8.82 Å². The van der Waals surface area contributed by atoms with E-state index >= 15 is 0 Å². The van der Waals surface area contributed by atoms with Crippen LogP contribution in [-0.4, -0.2) is 13.6 Å². The van der Waals surface area contributed by atoms with Crippen LogP contribution >= 0.6 is 15.9 Å². The maximum atomic E-state index is 12.9. The number of benzene rings is 1. The third kappa shape index (κ3) is 3.90. The van der Waals surface area contributed by atoms with Crippen molar-refractivity contribution in [3.05, 3.63) is 35.6 Å². The first kappa shape index (κ1) is 15.9. The van der Waals surface area contributed by atoms with Crippen LogP contribution in [0.3, 0.4) is 0 Å². The fourth-order valence-electron chi connectivity index (χ4n) is 1.40. The van der Waals surface area contributed by atoms with Crippen LogP contribution in [0.1, 0.15) is 32.4 Å². The zero-order valence-corrected chi connectivity index (χ0v) is 14.3. The van der Waals surface area contributed by atoms with E-state index in [1.54, 1.807) is 12.1 Å². The van der Waals surface area contributed by atoms with Crippen molar-refractivity contribution in [2.45, 2.75) is 45.0 Å². The first-order chi connectivity index (χ1) is 8.17. The maximum Gasteiger partial charge on any atom is 0.192 e. The molecule has 0 bridgehead atoms. The first-order valence-electron chi connectivity index (χ1n) is 6.16. The van der Waals surface area contributed by atoms with Crippen molar-refractivity contribution in [3.8, 4) is 0 Å². The van der Waals surface area contributed by atoms with Crippen molar-refractivity contribution in [2.24, 2.45) is 0 Å². The molecule has 0 heterocycles. The van der Waals surface area contributed by atoms with Crippen LogP contribution in [0.2, 0.25) is 18.1 Å². The molecule has 0 spiro atoms. The minimum Gasteiger partial charge on any atom is -0.409 e. The van der Waals surface area contributed by atoms with Crippen molar-refractivity contribution >= 4 is 24.2 Å². The summed E-state index contributed by atoms with van der Waals surface area (Å²) in [7, 11) is -1.81. The lowest BCUT2D eigenvalue weighted by Crippen LogP contribution is -2.42. The van der Waals surface area contributed by atoms with Gasteiger partial charge in [-0.1, -0.05) is 48.8 Å². The number of hydrogen-bond acceptors (Lipinski definition) is 1. The Bertz CT molecular complexity index is 384. The van der Waals surface area contributed by atoms with Gasteiger partial charge in [0.25, 0.3) is 0 Å². The molecule has 102 valence electrons. The van der Waals surface area contributed by atoms with Gasteiger partial charge in [0.2, 0.25) is 0 Å². The zero-order chi connectivity index (χ0) is 14.0. The summed E-state index contributed by atoms with van der Waals surface area (Å²) in [6, 6.07) is 6.57. The lowest BCUT2D eigenvalue weighted by molar-refractivity contribution is 0.208. The Morgan fingerprint density at radius 1 is 1.22 bits per heavy atom. The van der Waals surface area contributed by atoms with Gasteiger partial charge in [-0.25, -0.2) is 4.39 Å². The predicted octanol–water partition coefficient (Wildman–Crippen LogP) is 5.28. The molecule has 0 fully saturated rings. The second-order valence-corrected chi connectivity index (χ2v) is 11.5. The summed E-state index contributed by atoms with van der Waals surface area (Å²) in [6.07, 6.45) is -0.00788. The second kappa shape index (κ2) is 5.84. The molecule has 0 aliphatic rings. The lowest BCUT2D eigenvalue weighted by atomic mass is 10.1. The van der Waals surface area contributed by atoms with Gasteiger partial charge in [0.05, 0.1) is 6.10 Å². The molecular formula is C14H22BrFOSi. The summed E-state index contributed by atoms with van der Waals surface area (Å²) >= 11 is 3.49. The largest absolute Gasteiger partial charge is 0.409 e. The molecule has 1 aromatic carbocycles. The highest BCUT2D eigenvalue weighted by molar-refractivity contribution is 9.09. The summed E-state index contributed by atoms with van der Waals surface area (Å²) in [5.74, 6) is -0.209. The van der Waals surface area contributed by atoms with Gasteiger partial charge in [0, 0.05) is 5.33 Å². The molecule has 1 nitrogen and oxygen atoms in total. The van der Waals surface area contributed by atoms with Gasteiger partial charge in [-0.05, 0) is 35.8 Å². The van der Waals surface area contributed by atoms with Gasteiger partial charge in [-0.15, -0.1) is 0 Å². The fourth-order valence-corrected chi connectivity index (χ4v) is 3.43. The molecule has 0 aromatic heterocycles. The van der Waals surface area contributed by atoms with Crippen LogP contribution in [-0.2, 0) is 4.43 Å². The molecule has 18 heavy (non-hydrogen) atoms. The quantitative estimate of drug-likeness (QED) is 0.538. The molecule has 1 rings (SSSR count). The Labute approximate surface area is 119 Å². The van der Waals surface area contributed by atoms with E-state index in [0.29, 0.717) is 0 Å². The van der Waals surface area contributed by atoms with Gasteiger partial charge in [0.1, 0.15) is 5.82 Å². The van der Waals surface area contributed by atoms with Crippen LogP contribution in [0.25, 0.3) is 0 Å². The minimum absolute atomic E-state index is 0.00788. The van der Waals surface area contributed by atoms with E-state index in [-0.39, 0.29) is 17.0 Å². The molecule has 0 radical (unpaired) electrons. The summed E-state index contributed by atoms with van der Waals surface area (Å²) in [5.41, 5.74) is 1.03. The van der Waals surface area contributed by atoms with Crippen LogP contribution < -0.4 is 0 Å². The van der Waals surface area contributed by atoms with E-state index in [1.807, 2.05) is 0 Å². The van der Waals surface area contributed by atoms with E-state index in [0.717, 1.165) is 10.9 Å². The number of rotatable bonds is 4. The van der Waals surface area contributed by atoms with Crippen LogP contribution in [0.15, 0.2) is 24.3 Å². The first-order valence-corrected chi connectivity index (χ1v) is 10.2. The highest BCUT2D eigenvalue weighted by Gasteiger charge is 2.39. The van der Waals surface area contributed by atoms with Crippen molar-refractivity contribution in [2.75, 3.05) is 5.33 Å². The standard InChI is InChI=1S/C14H22BrFOSi/c1-14(2,3)18(4,5)17-13(10-15)11-6-8-12(16)9-7-11/h6-9,13H,10H2,1-5H3/t13-/m0/s1. The Balaban J connectivity index is 2.89. The molecule has 0 unspecified atom stereocenters. The number of halogens is 2. The van der Waals surface area contributed by atoms with Gasteiger partial charge < -0.3 is 4.43 Å². The normalized spacial score (nSPS) is 14.6. The molecule has 0 aliphatic heterocycles. The van der Waals surface area contributed by atoms with E-state index in [1.165, 1.54) is 12.1 Å². The Morgan fingerprint density at radius 3 is 2.11 bits per heavy atom. The smallest absolute Gasteiger partial charge is 0.192 e. The van der Waals surface area contributed by atoms with Crippen LogP contribution in [0, 0.1) is 5.82 Å². The Kier molecular flexibility index (Phi) is 5.15. The van der Waals surface area contributed by atoms with E-state index in [4.69, 9.17) is 4.43 Å². The van der Waals surface area contributed by atoms with E-state index in [2.05, 4.69) is 49.8 Å². The van der Waals surface area contributed by atoms with Gasteiger partial charge in [0.15, 0.2) is 8.32 Å². The monoisotopic (exact) mass is 332 g/mol. The number of alkyl halides is 1. The maximum absolute atomic E-state index is 12.9. The summed E-state index contributed by atoms with van der Waals surface area (Å²) in [6.45, 7) is 11.1. The number of hydrogen-bond donors (Lipinski definition) is 0. The Hall–Kier alpha value is -0.193. The SMILES string of the molecule is CC(C)(C)[Si](C)(C)O[C@@H](CBr)c1ccc(F)cc1. The van der Waals surface area contributed by atoms with Crippen LogP contribution in [0.4, 0.5) is 4.39 Å². The molecule has 0 amide bonds. The summed E-state index contributed by atoms with van der Waals surface area (Å²) < 4.78 is 19.3. The summed E-state index contributed by atoms with van der Waals surface area (Å²) in [5, 5.41) is 0.901. The zero-order valence-electron chi connectivity index (χ0n) is 11.8. The summed E-state index contributed by atoms with van der Waals surface area (Å²) in [4.78, 5) is 0. The molecule has 0 N–H and O–H groups in total. The average molecular weight is 333 g/mol. The van der Waals surface area contributed by atoms with Crippen molar-refractivity contribution in [3.63, 3.8) is 0 Å². The third-order valence-corrected chi connectivity index (χ3v) is 8.70. The lowest BCUT2D eigenvalue weighted by Gasteiger charge is -2.39. The Morgan fingerprint density at radius 2 is 1.72 bits per heavy atom. The second-order valence-electron chi connectivity index (χ2n) is 6.07. The van der Waals surface area contributed by atoms with Gasteiger partial charge >= 0.3 is 0 Å². The molecule has 1 atom stereocenters.